The molecular formula is C17H22N4O. The van der Waals surface area contributed by atoms with Gasteiger partial charge in [-0.3, -0.25) is 9.48 Å². The zero-order valence-electron chi connectivity index (χ0n) is 13.0. The number of hydrogen-bond donors (Lipinski definition) is 0. The number of benzene rings is 1. The van der Waals surface area contributed by atoms with Crippen molar-refractivity contribution in [3.05, 3.63) is 47.8 Å². The van der Waals surface area contributed by atoms with Crippen LogP contribution in [0, 0.1) is 0 Å². The van der Waals surface area contributed by atoms with Crippen molar-refractivity contribution in [2.24, 2.45) is 7.05 Å². The summed E-state index contributed by atoms with van der Waals surface area (Å²) in [6, 6.07) is 10.9. The van der Waals surface area contributed by atoms with Crippen LogP contribution in [0.25, 0.3) is 0 Å². The topological polar surface area (TPSA) is 51.0 Å². The van der Waals surface area contributed by atoms with Crippen molar-refractivity contribution in [2.75, 3.05) is 6.54 Å². The Morgan fingerprint density at radius 3 is 2.86 bits per heavy atom. The lowest BCUT2D eigenvalue weighted by Crippen LogP contribution is -2.37. The molecule has 1 atom stereocenters. The van der Waals surface area contributed by atoms with Crippen LogP contribution in [0.5, 0.6) is 0 Å². The van der Waals surface area contributed by atoms with Crippen molar-refractivity contribution >= 4 is 5.91 Å². The monoisotopic (exact) mass is 298 g/mol. The molecule has 0 radical (unpaired) electrons. The predicted octanol–water partition coefficient (Wildman–Crippen LogP) is 1.98. The molecule has 5 heteroatoms. The minimum absolute atomic E-state index is 0.195. The van der Waals surface area contributed by atoms with Gasteiger partial charge < -0.3 is 4.90 Å². The molecule has 1 amide bonds. The number of rotatable bonds is 5. The molecular weight excluding hydrogens is 276 g/mol. The van der Waals surface area contributed by atoms with Crippen LogP contribution in [0.15, 0.2) is 36.5 Å². The number of carbonyl (C=O) groups excluding carboxylic acids is 1. The highest BCUT2D eigenvalue weighted by atomic mass is 16.2. The first-order valence-corrected chi connectivity index (χ1v) is 7.91. The van der Waals surface area contributed by atoms with Crippen LogP contribution in [-0.2, 0) is 24.7 Å². The molecule has 116 valence electrons. The van der Waals surface area contributed by atoms with E-state index in [4.69, 9.17) is 0 Å². The van der Waals surface area contributed by atoms with Crippen LogP contribution in [0.3, 0.4) is 0 Å². The smallest absolute Gasteiger partial charge is 0.228 e. The second-order valence-corrected chi connectivity index (χ2v) is 5.93. The molecule has 0 N–H and O–H groups in total. The Morgan fingerprint density at radius 2 is 2.14 bits per heavy atom. The van der Waals surface area contributed by atoms with Gasteiger partial charge in [-0.1, -0.05) is 35.5 Å². The highest BCUT2D eigenvalue weighted by Gasteiger charge is 2.28. The van der Waals surface area contributed by atoms with Crippen LogP contribution in [0.4, 0.5) is 0 Å². The number of amides is 1. The van der Waals surface area contributed by atoms with Gasteiger partial charge in [-0.25, -0.2) is 0 Å². The number of aromatic nitrogens is 3. The molecule has 3 rings (SSSR count). The fraction of sp³-hybridized carbons (Fsp3) is 0.471. The minimum Gasteiger partial charge on any atom is -0.339 e. The van der Waals surface area contributed by atoms with Crippen molar-refractivity contribution < 1.29 is 4.79 Å². The fourth-order valence-corrected chi connectivity index (χ4v) is 3.17. The van der Waals surface area contributed by atoms with Crippen molar-refractivity contribution in [1.29, 1.82) is 0 Å². The highest BCUT2D eigenvalue weighted by molar-refractivity contribution is 5.78. The summed E-state index contributed by atoms with van der Waals surface area (Å²) in [4.78, 5) is 14.6. The van der Waals surface area contributed by atoms with Gasteiger partial charge in [0.05, 0.1) is 18.3 Å². The van der Waals surface area contributed by atoms with E-state index in [1.165, 1.54) is 5.56 Å². The lowest BCUT2D eigenvalue weighted by Gasteiger charge is -2.24. The molecule has 1 aliphatic rings. The third-order valence-corrected chi connectivity index (χ3v) is 4.45. The Morgan fingerprint density at radius 1 is 1.32 bits per heavy atom. The third-order valence-electron chi connectivity index (χ3n) is 4.45. The highest BCUT2D eigenvalue weighted by Crippen LogP contribution is 2.22. The molecule has 2 aromatic rings. The Bertz CT molecular complexity index is 623. The third kappa shape index (κ3) is 3.35. The number of likely N-dealkylation sites (tertiary alicyclic amines) is 1. The van der Waals surface area contributed by atoms with Crippen molar-refractivity contribution in [3.63, 3.8) is 0 Å². The minimum atomic E-state index is 0.195. The largest absolute Gasteiger partial charge is 0.339 e. The van der Waals surface area contributed by atoms with Gasteiger partial charge in [0.1, 0.15) is 0 Å². The fourth-order valence-electron chi connectivity index (χ4n) is 3.17. The summed E-state index contributed by atoms with van der Waals surface area (Å²) >= 11 is 0. The van der Waals surface area contributed by atoms with Gasteiger partial charge in [-0.05, 0) is 31.2 Å². The van der Waals surface area contributed by atoms with Crippen molar-refractivity contribution in [2.45, 2.75) is 38.1 Å². The standard InChI is InChI=1S/C17H22N4O/c1-20-16(13-18-19-20)12-17(22)21-11-5-8-15(21)10-9-14-6-3-2-4-7-14/h2-4,6-7,13,15H,5,8-12H2,1H3. The summed E-state index contributed by atoms with van der Waals surface area (Å²) in [5, 5.41) is 7.73. The van der Waals surface area contributed by atoms with Gasteiger partial charge in [0.15, 0.2) is 0 Å². The molecule has 0 bridgehead atoms. The zero-order chi connectivity index (χ0) is 15.4. The quantitative estimate of drug-likeness (QED) is 0.848. The van der Waals surface area contributed by atoms with E-state index in [1.54, 1.807) is 10.9 Å². The first-order valence-electron chi connectivity index (χ1n) is 7.91. The maximum absolute atomic E-state index is 12.5. The maximum Gasteiger partial charge on any atom is 0.228 e. The van der Waals surface area contributed by atoms with Gasteiger partial charge in [0.2, 0.25) is 5.91 Å². The molecule has 0 saturated carbocycles. The summed E-state index contributed by atoms with van der Waals surface area (Å²) in [6.45, 7) is 0.879. The van der Waals surface area contributed by atoms with Crippen LogP contribution in [-0.4, -0.2) is 38.4 Å². The molecule has 0 aliphatic carbocycles. The molecule has 1 unspecified atom stereocenters. The normalized spacial score (nSPS) is 17.9. The van der Waals surface area contributed by atoms with E-state index in [0.717, 1.165) is 37.9 Å². The van der Waals surface area contributed by atoms with E-state index in [1.807, 2.05) is 13.1 Å². The molecule has 0 spiro atoms. The Hall–Kier alpha value is -2.17. The van der Waals surface area contributed by atoms with Gasteiger partial charge in [-0.2, -0.15) is 0 Å². The van der Waals surface area contributed by atoms with E-state index in [0.29, 0.717) is 12.5 Å². The maximum atomic E-state index is 12.5. The number of aryl methyl sites for hydroxylation is 2. The molecule has 1 aliphatic heterocycles. The second kappa shape index (κ2) is 6.73. The lowest BCUT2D eigenvalue weighted by atomic mass is 10.0. The molecule has 1 fully saturated rings. The van der Waals surface area contributed by atoms with Crippen molar-refractivity contribution in [3.8, 4) is 0 Å². The molecule has 2 heterocycles. The second-order valence-electron chi connectivity index (χ2n) is 5.93. The van der Waals surface area contributed by atoms with Crippen molar-refractivity contribution in [1.82, 2.24) is 19.9 Å². The summed E-state index contributed by atoms with van der Waals surface area (Å²) < 4.78 is 1.67. The van der Waals surface area contributed by atoms with Gasteiger partial charge in [-0.15, -0.1) is 5.10 Å². The predicted molar refractivity (Wildman–Crippen MR) is 84.2 cm³/mol. The van der Waals surface area contributed by atoms with Crippen LogP contribution >= 0.6 is 0 Å². The average molecular weight is 298 g/mol. The number of nitrogens with zero attached hydrogens (tertiary/aromatic N) is 4. The van der Waals surface area contributed by atoms with Crippen LogP contribution in [0.2, 0.25) is 0 Å². The van der Waals surface area contributed by atoms with Gasteiger partial charge in [0.25, 0.3) is 0 Å². The van der Waals surface area contributed by atoms with Crippen LogP contribution in [0.1, 0.15) is 30.5 Å². The van der Waals surface area contributed by atoms with Gasteiger partial charge >= 0.3 is 0 Å². The van der Waals surface area contributed by atoms with E-state index < -0.39 is 0 Å². The average Bonchev–Trinajstić information content (AvgIpc) is 3.16. The molecule has 22 heavy (non-hydrogen) atoms. The van der Waals surface area contributed by atoms with E-state index in [-0.39, 0.29) is 5.91 Å². The summed E-state index contributed by atoms with van der Waals surface area (Å²) in [6.07, 6.45) is 6.36. The Balaban J connectivity index is 1.58. The van der Waals surface area contributed by atoms with Gasteiger partial charge in [0, 0.05) is 19.6 Å². The lowest BCUT2D eigenvalue weighted by molar-refractivity contribution is -0.131. The van der Waals surface area contributed by atoms with E-state index >= 15 is 0 Å². The number of carbonyl (C=O) groups is 1. The SMILES string of the molecule is Cn1nncc1CC(=O)N1CCCC1CCc1ccccc1. The Labute approximate surface area is 130 Å². The summed E-state index contributed by atoms with van der Waals surface area (Å²) in [5.74, 6) is 0.195. The zero-order valence-corrected chi connectivity index (χ0v) is 13.0. The van der Waals surface area contributed by atoms with E-state index in [9.17, 15) is 4.79 Å². The summed E-state index contributed by atoms with van der Waals surface area (Å²) in [5.41, 5.74) is 2.22. The molecule has 1 aromatic carbocycles. The number of hydrogen-bond acceptors (Lipinski definition) is 3. The molecule has 1 aromatic heterocycles. The van der Waals surface area contributed by atoms with E-state index in [2.05, 4.69) is 39.5 Å². The molecule has 5 nitrogen and oxygen atoms in total. The molecule has 1 saturated heterocycles. The first-order chi connectivity index (χ1) is 10.7. The first kappa shape index (κ1) is 14.8. The Kier molecular flexibility index (Phi) is 4.51. The van der Waals surface area contributed by atoms with Crippen LogP contribution < -0.4 is 0 Å². The summed E-state index contributed by atoms with van der Waals surface area (Å²) in [7, 11) is 1.83.